The van der Waals surface area contributed by atoms with Crippen LogP contribution in [-0.2, 0) is 6.54 Å². The molecule has 2 saturated heterocycles. The number of hydrogen-bond acceptors (Lipinski definition) is 6. The summed E-state index contributed by atoms with van der Waals surface area (Å²) in [4.78, 5) is 14.4. The van der Waals surface area contributed by atoms with Gasteiger partial charge in [-0.05, 0) is 74.7 Å². The molecule has 7 heteroatoms. The lowest BCUT2D eigenvalue weighted by molar-refractivity contribution is 0.166. The summed E-state index contributed by atoms with van der Waals surface area (Å²) in [6.45, 7) is 9.37. The Balaban J connectivity index is 1.22. The average molecular weight is 475 g/mol. The van der Waals surface area contributed by atoms with Gasteiger partial charge in [0, 0.05) is 74.5 Å². The minimum Gasteiger partial charge on any atom is -0.382 e. The number of rotatable bonds is 6. The number of hydrogen-bond donors (Lipinski definition) is 2. The quantitative estimate of drug-likeness (QED) is 0.547. The third-order valence-electron chi connectivity index (χ3n) is 6.94. The Kier molecular flexibility index (Phi) is 7.25. The van der Waals surface area contributed by atoms with Crippen LogP contribution in [0.3, 0.4) is 0 Å². The van der Waals surface area contributed by atoms with Crippen LogP contribution in [-0.4, -0.2) is 59.2 Å². The summed E-state index contributed by atoms with van der Waals surface area (Å²) in [5.74, 6) is 0.792. The van der Waals surface area contributed by atoms with E-state index in [0.29, 0.717) is 18.1 Å². The summed E-state index contributed by atoms with van der Waals surface area (Å²) in [5.41, 5.74) is 4.25. The van der Waals surface area contributed by atoms with E-state index in [4.69, 9.17) is 9.97 Å². The number of nitrogens with one attached hydrogen (secondary N) is 2. The average Bonchev–Trinajstić information content (AvgIpc) is 2.86. The van der Waals surface area contributed by atoms with E-state index < -0.39 is 0 Å². The molecule has 2 aliphatic heterocycles. The van der Waals surface area contributed by atoms with Crippen LogP contribution >= 0.6 is 0 Å². The van der Waals surface area contributed by atoms with E-state index in [1.807, 2.05) is 18.5 Å². The number of pyridine rings is 2. The van der Waals surface area contributed by atoms with Crippen LogP contribution in [0.4, 0.5) is 15.9 Å². The lowest BCUT2D eigenvalue weighted by Crippen LogP contribution is -2.53. The molecule has 0 amide bonds. The van der Waals surface area contributed by atoms with E-state index in [1.165, 1.54) is 17.7 Å². The SMILES string of the molecule is C[C@@H]1CN(Cc2ccc(-c3cccnc3N3CCC(Nc4ccc(F)cc4)CC3)nc2)C[C@H](C)N1. The summed E-state index contributed by atoms with van der Waals surface area (Å²) in [6, 6.07) is 16.4. The van der Waals surface area contributed by atoms with E-state index in [2.05, 4.69) is 52.5 Å². The van der Waals surface area contributed by atoms with Crippen molar-refractivity contribution in [3.63, 3.8) is 0 Å². The van der Waals surface area contributed by atoms with Crippen molar-refractivity contribution < 1.29 is 4.39 Å². The summed E-state index contributed by atoms with van der Waals surface area (Å²) >= 11 is 0. The Labute approximate surface area is 207 Å². The molecule has 2 N–H and O–H groups in total. The van der Waals surface area contributed by atoms with E-state index in [0.717, 1.165) is 68.3 Å². The second kappa shape index (κ2) is 10.7. The van der Waals surface area contributed by atoms with Crippen LogP contribution in [0.25, 0.3) is 11.3 Å². The van der Waals surface area contributed by atoms with E-state index in [-0.39, 0.29) is 5.82 Å². The first-order valence-electron chi connectivity index (χ1n) is 12.7. The van der Waals surface area contributed by atoms with Gasteiger partial charge in [-0.15, -0.1) is 0 Å². The minimum atomic E-state index is -0.206. The van der Waals surface area contributed by atoms with Crippen LogP contribution in [0.2, 0.25) is 0 Å². The molecule has 0 radical (unpaired) electrons. The molecule has 35 heavy (non-hydrogen) atoms. The predicted octanol–water partition coefficient (Wildman–Crippen LogP) is 4.55. The molecule has 0 unspecified atom stereocenters. The van der Waals surface area contributed by atoms with Crippen molar-refractivity contribution in [2.75, 3.05) is 36.4 Å². The Bertz CT molecular complexity index is 1090. The van der Waals surface area contributed by atoms with Crippen LogP contribution in [0.5, 0.6) is 0 Å². The van der Waals surface area contributed by atoms with E-state index in [1.54, 1.807) is 12.1 Å². The summed E-state index contributed by atoms with van der Waals surface area (Å²) in [6.07, 6.45) is 5.88. The molecule has 4 heterocycles. The van der Waals surface area contributed by atoms with Gasteiger partial charge in [0.1, 0.15) is 11.6 Å². The molecule has 2 fully saturated rings. The second-order valence-electron chi connectivity index (χ2n) is 10.0. The molecule has 3 aromatic rings. The van der Waals surface area contributed by atoms with E-state index in [9.17, 15) is 4.39 Å². The number of aromatic nitrogens is 2. The van der Waals surface area contributed by atoms with Gasteiger partial charge in [0.2, 0.25) is 0 Å². The molecular weight excluding hydrogens is 439 g/mol. The molecule has 1 aromatic carbocycles. The van der Waals surface area contributed by atoms with Gasteiger partial charge in [-0.25, -0.2) is 9.37 Å². The summed E-state index contributed by atoms with van der Waals surface area (Å²) in [7, 11) is 0. The molecule has 0 bridgehead atoms. The molecule has 2 atom stereocenters. The number of benzene rings is 1. The maximum Gasteiger partial charge on any atom is 0.137 e. The smallest absolute Gasteiger partial charge is 0.137 e. The number of anilines is 2. The van der Waals surface area contributed by atoms with Crippen molar-refractivity contribution in [2.45, 2.75) is 51.4 Å². The molecule has 0 saturated carbocycles. The van der Waals surface area contributed by atoms with Gasteiger partial charge in [0.15, 0.2) is 0 Å². The van der Waals surface area contributed by atoms with Crippen LogP contribution in [0.15, 0.2) is 60.9 Å². The first-order valence-corrected chi connectivity index (χ1v) is 12.7. The largest absolute Gasteiger partial charge is 0.382 e. The third kappa shape index (κ3) is 5.97. The van der Waals surface area contributed by atoms with Gasteiger partial charge in [0.05, 0.1) is 5.69 Å². The highest BCUT2D eigenvalue weighted by atomic mass is 19.1. The molecule has 184 valence electrons. The van der Waals surface area contributed by atoms with Crippen molar-refractivity contribution in [2.24, 2.45) is 0 Å². The van der Waals surface area contributed by atoms with Gasteiger partial charge in [-0.2, -0.15) is 0 Å². The van der Waals surface area contributed by atoms with Gasteiger partial charge in [-0.1, -0.05) is 6.07 Å². The standard InChI is InChI=1S/C28H35FN6/c1-20-17-34(18-21(2)32-20)19-22-5-10-27(31-16-22)26-4-3-13-30-28(26)35-14-11-25(12-15-35)33-24-8-6-23(29)7-9-24/h3-10,13,16,20-21,25,32-33H,11-12,14-15,17-19H2,1-2H3/t20-,21+. The molecule has 6 nitrogen and oxygen atoms in total. The fourth-order valence-electron chi connectivity index (χ4n) is 5.37. The predicted molar refractivity (Wildman–Crippen MR) is 140 cm³/mol. The van der Waals surface area contributed by atoms with Gasteiger partial charge in [0.25, 0.3) is 0 Å². The number of piperazine rings is 1. The van der Waals surface area contributed by atoms with Crippen molar-refractivity contribution in [1.82, 2.24) is 20.2 Å². The molecular formula is C28H35FN6. The Morgan fingerprint density at radius 3 is 2.40 bits per heavy atom. The Morgan fingerprint density at radius 2 is 1.71 bits per heavy atom. The summed E-state index contributed by atoms with van der Waals surface area (Å²) in [5, 5.41) is 7.13. The van der Waals surface area contributed by atoms with Crippen LogP contribution in [0.1, 0.15) is 32.3 Å². The summed E-state index contributed by atoms with van der Waals surface area (Å²) < 4.78 is 13.2. The van der Waals surface area contributed by atoms with Crippen molar-refractivity contribution >= 4 is 11.5 Å². The van der Waals surface area contributed by atoms with Crippen molar-refractivity contribution in [3.05, 3.63) is 72.3 Å². The highest BCUT2D eigenvalue weighted by Gasteiger charge is 2.23. The third-order valence-corrected chi connectivity index (χ3v) is 6.94. The Hall–Kier alpha value is -3.03. The number of piperidine rings is 1. The maximum absolute atomic E-state index is 13.2. The van der Waals surface area contributed by atoms with E-state index >= 15 is 0 Å². The zero-order valence-electron chi connectivity index (χ0n) is 20.6. The number of halogens is 1. The van der Waals surface area contributed by atoms with Crippen LogP contribution in [0, 0.1) is 5.82 Å². The van der Waals surface area contributed by atoms with Crippen molar-refractivity contribution in [3.8, 4) is 11.3 Å². The monoisotopic (exact) mass is 474 g/mol. The highest BCUT2D eigenvalue weighted by molar-refractivity contribution is 5.73. The first kappa shape index (κ1) is 23.7. The molecule has 2 aliphatic rings. The fraction of sp³-hybridized carbons (Fsp3) is 0.429. The Morgan fingerprint density at radius 1 is 0.971 bits per heavy atom. The van der Waals surface area contributed by atoms with Gasteiger partial charge < -0.3 is 15.5 Å². The number of nitrogens with zero attached hydrogens (tertiary/aromatic N) is 4. The zero-order chi connectivity index (χ0) is 24.2. The highest BCUT2D eigenvalue weighted by Crippen LogP contribution is 2.30. The molecule has 0 aliphatic carbocycles. The van der Waals surface area contributed by atoms with Crippen LogP contribution < -0.4 is 15.5 Å². The molecule has 5 rings (SSSR count). The molecule has 0 spiro atoms. The van der Waals surface area contributed by atoms with Gasteiger partial charge >= 0.3 is 0 Å². The fourth-order valence-corrected chi connectivity index (χ4v) is 5.37. The normalized spacial score (nSPS) is 21.7. The second-order valence-corrected chi connectivity index (χ2v) is 10.0. The zero-order valence-corrected chi connectivity index (χ0v) is 20.6. The van der Waals surface area contributed by atoms with Gasteiger partial charge in [-0.3, -0.25) is 9.88 Å². The van der Waals surface area contributed by atoms with Crippen molar-refractivity contribution in [1.29, 1.82) is 0 Å². The molecule has 2 aromatic heterocycles. The minimum absolute atomic E-state index is 0.206. The maximum atomic E-state index is 13.2. The topological polar surface area (TPSA) is 56.3 Å². The first-order chi connectivity index (χ1) is 17.0. The lowest BCUT2D eigenvalue weighted by atomic mass is 10.0. The lowest BCUT2D eigenvalue weighted by Gasteiger charge is -2.36.